The number of hydrogen-bond acceptors (Lipinski definition) is 1. The molecular weight excluding hydrogens is 677 g/mol. The third-order valence-electron chi connectivity index (χ3n) is 13.4. The van der Waals surface area contributed by atoms with Gasteiger partial charge in [-0.1, -0.05) is 147 Å². The molecule has 0 spiro atoms. The standard InChI is InChI=1S/C54H36N2/c1-54(2)47-20-10-7-17-39(47)42-30-36(31-48(42)54)55-49-21-11-8-18-40(49)44-26-34(23-24-51(44)55)35-27-45-38-16-6-5-15-37(38)43-25-32-13-3-4-14-33(32)29-52(43)56-50-22-12-9-19-41(50)46(28-35)53(45)56/h3-29,31,44,51H,1-2H3. The molecule has 56 heavy (non-hydrogen) atoms. The highest BCUT2D eigenvalue weighted by atomic mass is 15.2. The predicted molar refractivity (Wildman–Crippen MR) is 233 cm³/mol. The maximum absolute atomic E-state index is 3.93. The van der Waals surface area contributed by atoms with Gasteiger partial charge in [-0.2, -0.15) is 0 Å². The molecule has 0 saturated carbocycles. The maximum Gasteiger partial charge on any atom is 0.0860 e. The molecule has 0 amide bonds. The van der Waals surface area contributed by atoms with Crippen molar-refractivity contribution in [2.75, 3.05) is 4.90 Å². The third kappa shape index (κ3) is 3.86. The van der Waals surface area contributed by atoms with Gasteiger partial charge in [0.2, 0.25) is 0 Å². The Morgan fingerprint density at radius 1 is 0.607 bits per heavy atom. The van der Waals surface area contributed by atoms with Gasteiger partial charge in [-0.3, -0.25) is 0 Å². The number of fused-ring (bicyclic) bond motifs is 15. The minimum Gasteiger partial charge on any atom is -0.327 e. The summed E-state index contributed by atoms with van der Waals surface area (Å²) in [6, 6.07) is 54.5. The zero-order chi connectivity index (χ0) is 36.9. The first kappa shape index (κ1) is 30.5. The van der Waals surface area contributed by atoms with E-state index in [1.54, 1.807) is 0 Å². The van der Waals surface area contributed by atoms with Crippen LogP contribution < -0.4 is 4.90 Å². The lowest BCUT2D eigenvalue weighted by Crippen LogP contribution is -2.31. The molecule has 2 heteroatoms. The molecule has 5 aliphatic rings. The van der Waals surface area contributed by atoms with Gasteiger partial charge in [0.15, 0.2) is 0 Å². The molecule has 2 atom stereocenters. The van der Waals surface area contributed by atoms with E-state index in [0.29, 0.717) is 0 Å². The van der Waals surface area contributed by atoms with Gasteiger partial charge in [-0.15, -0.1) is 0 Å². The summed E-state index contributed by atoms with van der Waals surface area (Å²) in [5.41, 5.74) is 24.4. The van der Waals surface area contributed by atoms with Crippen molar-refractivity contribution in [1.29, 1.82) is 0 Å². The Morgan fingerprint density at radius 2 is 1.32 bits per heavy atom. The van der Waals surface area contributed by atoms with Gasteiger partial charge in [0.05, 0.1) is 28.5 Å². The average molecular weight is 713 g/mol. The highest BCUT2D eigenvalue weighted by Gasteiger charge is 2.44. The summed E-state index contributed by atoms with van der Waals surface area (Å²) in [6.45, 7) is 4.71. The van der Waals surface area contributed by atoms with Crippen LogP contribution in [0.1, 0.15) is 42.0 Å². The van der Waals surface area contributed by atoms with E-state index in [-0.39, 0.29) is 17.4 Å². The van der Waals surface area contributed by atoms with Crippen LogP contribution in [0.4, 0.5) is 5.69 Å². The fourth-order valence-electron chi connectivity index (χ4n) is 10.8. The molecule has 2 nitrogen and oxygen atoms in total. The second kappa shape index (κ2) is 10.7. The van der Waals surface area contributed by atoms with E-state index in [1.165, 1.54) is 105 Å². The summed E-state index contributed by atoms with van der Waals surface area (Å²) in [5, 5.41) is 5.09. The lowest BCUT2D eigenvalue weighted by atomic mass is 9.82. The lowest BCUT2D eigenvalue weighted by molar-refractivity contribution is 0.659. The lowest BCUT2D eigenvalue weighted by Gasteiger charge is -2.30. The summed E-state index contributed by atoms with van der Waals surface area (Å²) in [6.07, 6.45) is 9.78. The summed E-state index contributed by atoms with van der Waals surface area (Å²) in [7, 11) is 0. The van der Waals surface area contributed by atoms with E-state index in [1.807, 2.05) is 0 Å². The van der Waals surface area contributed by atoms with Crippen molar-refractivity contribution < 1.29 is 0 Å². The van der Waals surface area contributed by atoms with Crippen LogP contribution in [-0.4, -0.2) is 10.6 Å². The number of aromatic nitrogens is 1. The molecule has 7 aromatic carbocycles. The molecule has 2 aliphatic heterocycles. The van der Waals surface area contributed by atoms with E-state index >= 15 is 0 Å². The van der Waals surface area contributed by atoms with E-state index in [0.717, 1.165) is 5.70 Å². The molecule has 0 radical (unpaired) electrons. The van der Waals surface area contributed by atoms with E-state index in [9.17, 15) is 0 Å². The molecule has 2 unspecified atom stereocenters. The van der Waals surface area contributed by atoms with Crippen LogP contribution in [0.3, 0.4) is 0 Å². The Labute approximate surface area is 326 Å². The number of rotatable bonds is 2. The van der Waals surface area contributed by atoms with Crippen molar-refractivity contribution in [1.82, 2.24) is 4.57 Å². The Hall–Kier alpha value is -6.86. The fraction of sp³-hybridized carbons (Fsp3) is 0.0926. The van der Waals surface area contributed by atoms with Gasteiger partial charge < -0.3 is 9.47 Å². The molecule has 8 aromatic rings. The second-order valence-electron chi connectivity index (χ2n) is 16.6. The van der Waals surface area contributed by atoms with Crippen LogP contribution in [0.25, 0.3) is 71.7 Å². The van der Waals surface area contributed by atoms with Crippen molar-refractivity contribution in [3.05, 3.63) is 209 Å². The van der Waals surface area contributed by atoms with Gasteiger partial charge in [0.25, 0.3) is 0 Å². The first-order valence-electron chi connectivity index (χ1n) is 19.8. The Balaban J connectivity index is 1.00. The SMILES string of the molecule is CC1(C)C2=CC(N3c4ccccc4C4C=C(c5cc6c7c(c5)c5ccccc5n7-c5cc7ccccc7cc5-c5ccccc5-6)C=CC43)=C=C2c2ccccc21. The molecule has 0 N–H and O–H groups in total. The van der Waals surface area contributed by atoms with Crippen LogP contribution in [-0.2, 0) is 5.41 Å². The summed E-state index contributed by atoms with van der Waals surface area (Å²) in [4.78, 5) is 2.54. The predicted octanol–water partition coefficient (Wildman–Crippen LogP) is 13.3. The summed E-state index contributed by atoms with van der Waals surface area (Å²) >= 11 is 0. The molecular formula is C54H36N2. The zero-order valence-electron chi connectivity index (χ0n) is 31.2. The first-order chi connectivity index (χ1) is 27.5. The number of anilines is 1. The van der Waals surface area contributed by atoms with E-state index in [4.69, 9.17) is 0 Å². The second-order valence-corrected chi connectivity index (χ2v) is 16.6. The van der Waals surface area contributed by atoms with Gasteiger partial charge in [-0.25, -0.2) is 0 Å². The number of hydrogen-bond donors (Lipinski definition) is 0. The zero-order valence-corrected chi connectivity index (χ0v) is 31.2. The van der Waals surface area contributed by atoms with Gasteiger partial charge in [-0.05, 0) is 97.8 Å². The Morgan fingerprint density at radius 3 is 2.20 bits per heavy atom. The first-order valence-corrected chi connectivity index (χ1v) is 19.8. The molecule has 13 rings (SSSR count). The summed E-state index contributed by atoms with van der Waals surface area (Å²) in [5.74, 6) is 0.213. The van der Waals surface area contributed by atoms with Crippen molar-refractivity contribution >= 4 is 49.4 Å². The van der Waals surface area contributed by atoms with Gasteiger partial charge in [0, 0.05) is 44.5 Å². The van der Waals surface area contributed by atoms with Gasteiger partial charge >= 0.3 is 0 Å². The van der Waals surface area contributed by atoms with Crippen molar-refractivity contribution in [2.45, 2.75) is 31.2 Å². The third-order valence-corrected chi connectivity index (χ3v) is 13.4. The quantitative estimate of drug-likeness (QED) is 0.162. The van der Waals surface area contributed by atoms with Crippen LogP contribution in [0.5, 0.6) is 0 Å². The minimum absolute atomic E-state index is 0.0524. The molecule has 1 aromatic heterocycles. The molecule has 0 bridgehead atoms. The Kier molecular flexibility index (Phi) is 5.80. The topological polar surface area (TPSA) is 8.17 Å². The molecule has 0 saturated heterocycles. The Bertz CT molecular complexity index is 3280. The number of nitrogens with zero attached hydrogens (tertiary/aromatic N) is 2. The maximum atomic E-state index is 3.93. The fourth-order valence-corrected chi connectivity index (χ4v) is 10.8. The number of para-hydroxylation sites is 2. The highest BCUT2D eigenvalue weighted by Crippen LogP contribution is 2.55. The largest absolute Gasteiger partial charge is 0.327 e. The van der Waals surface area contributed by atoms with E-state index in [2.05, 4.69) is 199 Å². The minimum atomic E-state index is -0.0524. The highest BCUT2D eigenvalue weighted by molar-refractivity contribution is 6.18. The average Bonchev–Trinajstić information content (AvgIpc) is 3.95. The molecule has 0 fully saturated rings. The normalized spacial score (nSPS) is 19.1. The van der Waals surface area contributed by atoms with Crippen molar-refractivity contribution in [2.24, 2.45) is 0 Å². The van der Waals surface area contributed by atoms with Crippen LogP contribution in [0.15, 0.2) is 187 Å². The van der Waals surface area contributed by atoms with Crippen molar-refractivity contribution in [3.63, 3.8) is 0 Å². The number of benzene rings is 7. The van der Waals surface area contributed by atoms with Gasteiger partial charge in [0.1, 0.15) is 0 Å². The smallest absolute Gasteiger partial charge is 0.0860 e. The molecule has 262 valence electrons. The molecule has 3 aliphatic carbocycles. The van der Waals surface area contributed by atoms with Crippen LogP contribution >= 0.6 is 0 Å². The number of allylic oxidation sites excluding steroid dienone is 4. The van der Waals surface area contributed by atoms with Crippen LogP contribution in [0, 0.1) is 0 Å². The summed E-state index contributed by atoms with van der Waals surface area (Å²) < 4.78 is 2.53. The molecule has 3 heterocycles. The monoisotopic (exact) mass is 712 g/mol. The van der Waals surface area contributed by atoms with Crippen LogP contribution in [0.2, 0.25) is 0 Å². The van der Waals surface area contributed by atoms with E-state index < -0.39 is 0 Å². The van der Waals surface area contributed by atoms with Crippen molar-refractivity contribution in [3.8, 4) is 27.9 Å².